The maximum absolute atomic E-state index is 12.0. The van der Waals surface area contributed by atoms with Crippen LogP contribution >= 0.6 is 0 Å². The van der Waals surface area contributed by atoms with Crippen molar-refractivity contribution in [3.05, 3.63) is 0 Å². The molecule has 0 radical (unpaired) electrons. The monoisotopic (exact) mass is 256 g/mol. The number of carbonyl (C=O) groups excluding carboxylic acids is 1. The first-order valence-electron chi connectivity index (χ1n) is 7.15. The summed E-state index contributed by atoms with van der Waals surface area (Å²) < 4.78 is 0. The molecule has 0 aromatic rings. The molecule has 18 heavy (non-hydrogen) atoms. The van der Waals surface area contributed by atoms with Gasteiger partial charge in [-0.1, -0.05) is 32.6 Å². The maximum atomic E-state index is 12.0. The Morgan fingerprint density at radius 2 is 1.83 bits per heavy atom. The lowest BCUT2D eigenvalue weighted by Crippen LogP contribution is -2.49. The van der Waals surface area contributed by atoms with Crippen LogP contribution in [0, 0.1) is 0 Å². The molecule has 0 bridgehead atoms. The summed E-state index contributed by atoms with van der Waals surface area (Å²) in [5.41, 5.74) is -0.684. The number of rotatable bonds is 5. The predicted molar refractivity (Wildman–Crippen MR) is 73.4 cm³/mol. The average molecular weight is 256 g/mol. The number of likely N-dealkylation sites (N-methyl/N-ethyl adjacent to an activating group) is 1. The van der Waals surface area contributed by atoms with E-state index in [-0.39, 0.29) is 11.9 Å². The predicted octanol–water partition coefficient (Wildman–Crippen LogP) is 1.53. The number of hydrogen-bond acceptors (Lipinski definition) is 3. The smallest absolute Gasteiger partial charge is 0.237 e. The number of nitrogens with one attached hydrogen (secondary N) is 1. The Hall–Kier alpha value is -0.610. The van der Waals surface area contributed by atoms with Crippen LogP contribution in [0.5, 0.6) is 0 Å². The standard InChI is InChI=1S/C14H28N2O2/c1-4-12(16(2)3)13(17)15-11-14(18)9-7-5-6-8-10-14/h12,18H,4-11H2,1-3H3,(H,15,17). The van der Waals surface area contributed by atoms with Gasteiger partial charge < -0.3 is 10.4 Å². The topological polar surface area (TPSA) is 52.6 Å². The second-order valence-electron chi connectivity index (χ2n) is 5.74. The van der Waals surface area contributed by atoms with Gasteiger partial charge in [0.2, 0.25) is 5.91 Å². The fraction of sp³-hybridized carbons (Fsp3) is 0.929. The van der Waals surface area contributed by atoms with E-state index in [9.17, 15) is 9.90 Å². The molecule has 1 amide bonds. The van der Waals surface area contributed by atoms with Crippen LogP contribution in [0.25, 0.3) is 0 Å². The van der Waals surface area contributed by atoms with Crippen molar-refractivity contribution in [2.45, 2.75) is 63.5 Å². The van der Waals surface area contributed by atoms with Crippen LogP contribution in [0.1, 0.15) is 51.9 Å². The molecule has 4 nitrogen and oxygen atoms in total. The van der Waals surface area contributed by atoms with Crippen molar-refractivity contribution in [1.29, 1.82) is 0 Å². The molecule has 1 aliphatic rings. The second-order valence-corrected chi connectivity index (χ2v) is 5.74. The summed E-state index contributed by atoms with van der Waals surface area (Å²) in [7, 11) is 3.82. The molecule has 0 aromatic carbocycles. The zero-order valence-corrected chi connectivity index (χ0v) is 12.0. The Bertz CT molecular complexity index is 259. The largest absolute Gasteiger partial charge is 0.388 e. The van der Waals surface area contributed by atoms with Gasteiger partial charge in [0.1, 0.15) is 0 Å². The van der Waals surface area contributed by atoms with Gasteiger partial charge in [0.25, 0.3) is 0 Å². The van der Waals surface area contributed by atoms with Crippen molar-refractivity contribution >= 4 is 5.91 Å². The molecule has 0 aliphatic heterocycles. The molecule has 1 rings (SSSR count). The Morgan fingerprint density at radius 3 is 2.28 bits per heavy atom. The summed E-state index contributed by atoms with van der Waals surface area (Å²) in [6.07, 6.45) is 6.95. The fourth-order valence-corrected chi connectivity index (χ4v) is 2.72. The highest BCUT2D eigenvalue weighted by atomic mass is 16.3. The number of amides is 1. The number of aliphatic hydroxyl groups is 1. The van der Waals surface area contributed by atoms with E-state index in [1.165, 1.54) is 12.8 Å². The lowest BCUT2D eigenvalue weighted by Gasteiger charge is -2.29. The molecule has 1 fully saturated rings. The summed E-state index contributed by atoms with van der Waals surface area (Å²) in [4.78, 5) is 13.9. The van der Waals surface area contributed by atoms with E-state index in [1.807, 2.05) is 25.9 Å². The van der Waals surface area contributed by atoms with Gasteiger partial charge in [-0.3, -0.25) is 9.69 Å². The molecule has 0 spiro atoms. The molecule has 106 valence electrons. The van der Waals surface area contributed by atoms with Crippen LogP contribution in [0.15, 0.2) is 0 Å². The minimum atomic E-state index is -0.684. The summed E-state index contributed by atoms with van der Waals surface area (Å²) in [6.45, 7) is 2.40. The van der Waals surface area contributed by atoms with Gasteiger partial charge in [0.05, 0.1) is 11.6 Å². The zero-order valence-electron chi connectivity index (χ0n) is 12.0. The number of nitrogens with zero attached hydrogens (tertiary/aromatic N) is 1. The molecule has 1 saturated carbocycles. The minimum absolute atomic E-state index is 0.0279. The zero-order chi connectivity index (χ0) is 13.6. The summed E-state index contributed by atoms with van der Waals surface area (Å²) >= 11 is 0. The van der Waals surface area contributed by atoms with Crippen LogP contribution in [0.2, 0.25) is 0 Å². The molecule has 1 aliphatic carbocycles. The first-order valence-corrected chi connectivity index (χ1v) is 7.15. The molecule has 1 atom stereocenters. The van der Waals surface area contributed by atoms with E-state index in [0.29, 0.717) is 6.54 Å². The highest BCUT2D eigenvalue weighted by Crippen LogP contribution is 2.26. The Kier molecular flexibility index (Phi) is 6.09. The van der Waals surface area contributed by atoms with Crippen molar-refractivity contribution in [2.75, 3.05) is 20.6 Å². The first kappa shape index (κ1) is 15.4. The van der Waals surface area contributed by atoms with E-state index in [1.54, 1.807) is 0 Å². The third-order valence-corrected chi connectivity index (χ3v) is 3.94. The van der Waals surface area contributed by atoms with Gasteiger partial charge in [-0.2, -0.15) is 0 Å². The minimum Gasteiger partial charge on any atom is -0.388 e. The third-order valence-electron chi connectivity index (χ3n) is 3.94. The first-order chi connectivity index (χ1) is 8.48. The molecule has 4 heteroatoms. The van der Waals surface area contributed by atoms with E-state index in [0.717, 1.165) is 32.1 Å². The van der Waals surface area contributed by atoms with Crippen molar-refractivity contribution in [1.82, 2.24) is 10.2 Å². The Morgan fingerprint density at radius 1 is 1.28 bits per heavy atom. The van der Waals surface area contributed by atoms with Crippen molar-refractivity contribution in [2.24, 2.45) is 0 Å². The van der Waals surface area contributed by atoms with Gasteiger partial charge >= 0.3 is 0 Å². The Balaban J connectivity index is 2.45. The fourth-order valence-electron chi connectivity index (χ4n) is 2.72. The van der Waals surface area contributed by atoms with E-state index in [4.69, 9.17) is 0 Å². The van der Waals surface area contributed by atoms with E-state index >= 15 is 0 Å². The van der Waals surface area contributed by atoms with Crippen LogP contribution in [-0.4, -0.2) is 48.2 Å². The maximum Gasteiger partial charge on any atom is 0.237 e. The average Bonchev–Trinajstić information content (AvgIpc) is 2.53. The molecule has 0 heterocycles. The van der Waals surface area contributed by atoms with Crippen molar-refractivity contribution in [3.63, 3.8) is 0 Å². The van der Waals surface area contributed by atoms with Crippen LogP contribution in [0.4, 0.5) is 0 Å². The molecular weight excluding hydrogens is 228 g/mol. The highest BCUT2D eigenvalue weighted by molar-refractivity contribution is 5.81. The van der Waals surface area contributed by atoms with Gasteiger partial charge in [-0.25, -0.2) is 0 Å². The molecule has 1 unspecified atom stereocenters. The summed E-state index contributed by atoms with van der Waals surface area (Å²) in [6, 6.07) is -0.0978. The summed E-state index contributed by atoms with van der Waals surface area (Å²) in [5.74, 6) is 0.0279. The quantitative estimate of drug-likeness (QED) is 0.733. The van der Waals surface area contributed by atoms with Gasteiger partial charge in [0.15, 0.2) is 0 Å². The lowest BCUT2D eigenvalue weighted by atomic mass is 9.94. The van der Waals surface area contributed by atoms with E-state index in [2.05, 4.69) is 5.32 Å². The van der Waals surface area contributed by atoms with Gasteiger partial charge in [-0.15, -0.1) is 0 Å². The molecule has 0 saturated heterocycles. The van der Waals surface area contributed by atoms with Crippen LogP contribution < -0.4 is 5.32 Å². The third kappa shape index (κ3) is 4.58. The highest BCUT2D eigenvalue weighted by Gasteiger charge is 2.29. The van der Waals surface area contributed by atoms with E-state index < -0.39 is 5.60 Å². The van der Waals surface area contributed by atoms with Gasteiger partial charge in [0, 0.05) is 6.54 Å². The van der Waals surface area contributed by atoms with Gasteiger partial charge in [-0.05, 0) is 33.4 Å². The molecular formula is C14H28N2O2. The normalized spacial score (nSPS) is 21.4. The molecule has 2 N–H and O–H groups in total. The molecule has 0 aromatic heterocycles. The Labute approximate surface area is 111 Å². The van der Waals surface area contributed by atoms with Crippen LogP contribution in [-0.2, 0) is 4.79 Å². The number of hydrogen-bond donors (Lipinski definition) is 2. The van der Waals surface area contributed by atoms with Crippen molar-refractivity contribution < 1.29 is 9.90 Å². The van der Waals surface area contributed by atoms with Crippen molar-refractivity contribution in [3.8, 4) is 0 Å². The summed E-state index contributed by atoms with van der Waals surface area (Å²) in [5, 5.41) is 13.4. The van der Waals surface area contributed by atoms with Crippen LogP contribution in [0.3, 0.4) is 0 Å². The SMILES string of the molecule is CCC(C(=O)NCC1(O)CCCCCC1)N(C)C. The lowest BCUT2D eigenvalue weighted by molar-refractivity contribution is -0.127. The second kappa shape index (κ2) is 7.10. The number of carbonyl (C=O) groups is 1.